The number of rotatable bonds is 5. The molecule has 0 spiro atoms. The summed E-state index contributed by atoms with van der Waals surface area (Å²) in [5.74, 6) is -0.983. The van der Waals surface area contributed by atoms with E-state index in [1.54, 1.807) is 18.2 Å². The van der Waals surface area contributed by atoms with E-state index in [1.165, 1.54) is 12.1 Å². The first-order valence-corrected chi connectivity index (χ1v) is 8.85. The van der Waals surface area contributed by atoms with Gasteiger partial charge in [0.2, 0.25) is 0 Å². The minimum absolute atomic E-state index is 0.0115. The van der Waals surface area contributed by atoms with Crippen LogP contribution in [0.5, 0.6) is 5.75 Å². The van der Waals surface area contributed by atoms with Crippen LogP contribution < -0.4 is 15.6 Å². The highest BCUT2D eigenvalue weighted by atomic mass is 79.9. The van der Waals surface area contributed by atoms with E-state index in [1.807, 2.05) is 0 Å². The van der Waals surface area contributed by atoms with Crippen LogP contribution in [0.3, 0.4) is 0 Å². The first-order valence-electron chi connectivity index (χ1n) is 6.89. The molecule has 0 saturated heterocycles. The number of nitro benzene ring substituents is 1. The van der Waals surface area contributed by atoms with Crippen LogP contribution in [0, 0.1) is 10.1 Å². The molecule has 136 valence electrons. The SMILES string of the molecule is O=C(COc1ccc(Br)cc1Br)NNC(=O)c1cc([N+](=O)[O-])ccc1Cl. The topological polar surface area (TPSA) is 111 Å². The number of halogens is 3. The number of carbonyl (C=O) groups is 2. The molecule has 2 amide bonds. The van der Waals surface area contributed by atoms with E-state index in [2.05, 4.69) is 42.7 Å². The molecule has 0 aliphatic carbocycles. The van der Waals surface area contributed by atoms with Gasteiger partial charge in [-0.25, -0.2) is 0 Å². The summed E-state index contributed by atoms with van der Waals surface area (Å²) in [6.07, 6.45) is 0. The highest BCUT2D eigenvalue weighted by Gasteiger charge is 2.16. The molecule has 2 rings (SSSR count). The maximum atomic E-state index is 12.0. The molecule has 2 N–H and O–H groups in total. The molecule has 0 fully saturated rings. The van der Waals surface area contributed by atoms with Crippen LogP contribution >= 0.6 is 43.5 Å². The third kappa shape index (κ3) is 5.41. The van der Waals surface area contributed by atoms with E-state index in [9.17, 15) is 19.7 Å². The lowest BCUT2D eigenvalue weighted by atomic mass is 10.2. The Morgan fingerprint density at radius 2 is 1.88 bits per heavy atom. The average Bonchev–Trinajstić information content (AvgIpc) is 2.59. The van der Waals surface area contributed by atoms with Crippen molar-refractivity contribution in [1.29, 1.82) is 0 Å². The Bertz CT molecular complexity index is 878. The van der Waals surface area contributed by atoms with Gasteiger partial charge in [0, 0.05) is 16.6 Å². The second-order valence-electron chi connectivity index (χ2n) is 4.79. The molecule has 11 heteroatoms. The van der Waals surface area contributed by atoms with Crippen molar-refractivity contribution in [3.63, 3.8) is 0 Å². The van der Waals surface area contributed by atoms with Gasteiger partial charge in [0.15, 0.2) is 6.61 Å². The number of nitro groups is 1. The number of non-ortho nitro benzene ring substituents is 1. The van der Waals surface area contributed by atoms with Crippen LogP contribution in [0.1, 0.15) is 10.4 Å². The lowest BCUT2D eigenvalue weighted by Gasteiger charge is -2.10. The summed E-state index contributed by atoms with van der Waals surface area (Å²) in [7, 11) is 0. The van der Waals surface area contributed by atoms with E-state index in [0.717, 1.165) is 10.5 Å². The van der Waals surface area contributed by atoms with Crippen molar-refractivity contribution in [3.05, 3.63) is 66.0 Å². The zero-order valence-electron chi connectivity index (χ0n) is 12.8. The molecule has 0 aromatic heterocycles. The number of nitrogens with one attached hydrogen (secondary N) is 2. The Labute approximate surface area is 169 Å². The van der Waals surface area contributed by atoms with Crippen LogP contribution in [-0.2, 0) is 4.79 Å². The Morgan fingerprint density at radius 1 is 1.15 bits per heavy atom. The standard InChI is InChI=1S/C15H10Br2ClN3O5/c16-8-1-4-13(11(17)5-8)26-7-14(22)19-20-15(23)10-6-9(21(24)25)2-3-12(10)18/h1-6H,7H2,(H,19,22)(H,20,23). The fourth-order valence-electron chi connectivity index (χ4n) is 1.77. The minimum Gasteiger partial charge on any atom is -0.483 e. The third-order valence-electron chi connectivity index (χ3n) is 2.97. The smallest absolute Gasteiger partial charge is 0.276 e. The first-order chi connectivity index (χ1) is 12.3. The highest BCUT2D eigenvalue weighted by Crippen LogP contribution is 2.28. The Morgan fingerprint density at radius 3 is 2.54 bits per heavy atom. The minimum atomic E-state index is -0.795. The van der Waals surface area contributed by atoms with Crippen LogP contribution in [0.25, 0.3) is 0 Å². The molecular formula is C15H10Br2ClN3O5. The van der Waals surface area contributed by atoms with Gasteiger partial charge in [-0.2, -0.15) is 0 Å². The quantitative estimate of drug-likeness (QED) is 0.475. The first kappa shape index (κ1) is 20.1. The second-order valence-corrected chi connectivity index (χ2v) is 6.96. The van der Waals surface area contributed by atoms with Crippen molar-refractivity contribution in [3.8, 4) is 5.75 Å². The van der Waals surface area contributed by atoms with Gasteiger partial charge in [0.1, 0.15) is 5.75 Å². The normalized spacial score (nSPS) is 10.1. The molecule has 2 aromatic carbocycles. The molecule has 0 aliphatic heterocycles. The van der Waals surface area contributed by atoms with Gasteiger partial charge in [-0.1, -0.05) is 27.5 Å². The average molecular weight is 508 g/mol. The van der Waals surface area contributed by atoms with E-state index < -0.39 is 16.7 Å². The number of carbonyl (C=O) groups excluding carboxylic acids is 2. The monoisotopic (exact) mass is 505 g/mol. The van der Waals surface area contributed by atoms with E-state index >= 15 is 0 Å². The molecule has 8 nitrogen and oxygen atoms in total. The van der Waals surface area contributed by atoms with E-state index in [-0.39, 0.29) is 22.9 Å². The predicted octanol–water partition coefficient (Wildman–Crippen LogP) is 3.61. The van der Waals surface area contributed by atoms with Crippen LogP contribution in [0.2, 0.25) is 5.02 Å². The number of benzene rings is 2. The molecule has 0 saturated carbocycles. The summed E-state index contributed by atoms with van der Waals surface area (Å²) in [5, 5.41) is 10.8. The number of nitrogens with zero attached hydrogens (tertiary/aromatic N) is 1. The van der Waals surface area contributed by atoms with Gasteiger partial charge in [-0.3, -0.25) is 30.6 Å². The Hall–Kier alpha value is -2.17. The second kappa shape index (κ2) is 8.97. The third-order valence-corrected chi connectivity index (χ3v) is 4.42. The Balaban J connectivity index is 1.92. The molecule has 0 heterocycles. The van der Waals surface area contributed by atoms with Gasteiger partial charge in [-0.05, 0) is 40.2 Å². The number of amides is 2. The largest absolute Gasteiger partial charge is 0.483 e. The fraction of sp³-hybridized carbons (Fsp3) is 0.0667. The molecule has 2 aromatic rings. The van der Waals surface area contributed by atoms with Crippen molar-refractivity contribution in [2.45, 2.75) is 0 Å². The van der Waals surface area contributed by atoms with Crippen molar-refractivity contribution in [2.75, 3.05) is 6.61 Å². The van der Waals surface area contributed by atoms with Gasteiger partial charge < -0.3 is 4.74 Å². The lowest BCUT2D eigenvalue weighted by molar-refractivity contribution is -0.384. The van der Waals surface area contributed by atoms with Crippen LogP contribution in [0.4, 0.5) is 5.69 Å². The van der Waals surface area contributed by atoms with Crippen LogP contribution in [0.15, 0.2) is 45.3 Å². The van der Waals surface area contributed by atoms with Crippen molar-refractivity contribution in [1.82, 2.24) is 10.9 Å². The van der Waals surface area contributed by atoms with Gasteiger partial charge in [0.05, 0.1) is 20.0 Å². The summed E-state index contributed by atoms with van der Waals surface area (Å²) in [6.45, 7) is -0.358. The van der Waals surface area contributed by atoms with Crippen molar-refractivity contribution < 1.29 is 19.2 Å². The summed E-state index contributed by atoms with van der Waals surface area (Å²) in [4.78, 5) is 33.9. The molecule has 26 heavy (non-hydrogen) atoms. The molecule has 0 radical (unpaired) electrons. The maximum Gasteiger partial charge on any atom is 0.276 e. The van der Waals surface area contributed by atoms with E-state index in [4.69, 9.17) is 16.3 Å². The lowest BCUT2D eigenvalue weighted by Crippen LogP contribution is -2.43. The zero-order chi connectivity index (χ0) is 19.3. The summed E-state index contributed by atoms with van der Waals surface area (Å²) >= 11 is 12.4. The predicted molar refractivity (Wildman–Crippen MR) is 101 cm³/mol. The molecular weight excluding hydrogens is 497 g/mol. The number of hydrazine groups is 1. The molecule has 0 atom stereocenters. The molecule has 0 unspecified atom stereocenters. The van der Waals surface area contributed by atoms with E-state index in [0.29, 0.717) is 10.2 Å². The summed E-state index contributed by atoms with van der Waals surface area (Å²) < 4.78 is 6.80. The van der Waals surface area contributed by atoms with Crippen molar-refractivity contribution in [2.24, 2.45) is 0 Å². The van der Waals surface area contributed by atoms with Crippen molar-refractivity contribution >= 4 is 61.0 Å². The number of ether oxygens (including phenoxy) is 1. The maximum absolute atomic E-state index is 12.0. The number of hydrogen-bond acceptors (Lipinski definition) is 5. The number of hydrogen-bond donors (Lipinski definition) is 2. The fourth-order valence-corrected chi connectivity index (χ4v) is 3.13. The van der Waals surface area contributed by atoms with Crippen LogP contribution in [-0.4, -0.2) is 23.3 Å². The molecule has 0 bridgehead atoms. The molecule has 0 aliphatic rings. The summed E-state index contributed by atoms with van der Waals surface area (Å²) in [5.41, 5.74) is 3.82. The van der Waals surface area contributed by atoms with Gasteiger partial charge in [-0.15, -0.1) is 0 Å². The van der Waals surface area contributed by atoms with Gasteiger partial charge >= 0.3 is 0 Å². The highest BCUT2D eigenvalue weighted by molar-refractivity contribution is 9.11. The Kier molecular flexibility index (Phi) is 6.95. The zero-order valence-corrected chi connectivity index (χ0v) is 16.7. The van der Waals surface area contributed by atoms with Gasteiger partial charge in [0.25, 0.3) is 17.5 Å². The summed E-state index contributed by atoms with van der Waals surface area (Å²) in [6, 6.07) is 8.55.